The molecule has 3 rings (SSSR count). The molecule has 0 aliphatic carbocycles. The van der Waals surface area contributed by atoms with Gasteiger partial charge in [-0.1, -0.05) is 23.2 Å². The summed E-state index contributed by atoms with van der Waals surface area (Å²) >= 11 is 12.0. The Labute approximate surface area is 130 Å². The number of ether oxygens (including phenoxy) is 1. The monoisotopic (exact) mass is 332 g/mol. The van der Waals surface area contributed by atoms with Gasteiger partial charge in [0.05, 0.1) is 12.1 Å². The van der Waals surface area contributed by atoms with E-state index in [1.54, 1.807) is 22.9 Å². The predicted molar refractivity (Wildman–Crippen MR) is 77.4 cm³/mol. The van der Waals surface area contributed by atoms with E-state index in [9.17, 15) is 15.3 Å². The maximum Gasteiger partial charge on any atom is 0.165 e. The molecule has 1 fully saturated rings. The smallest absolute Gasteiger partial charge is 0.165 e. The quantitative estimate of drug-likeness (QED) is 0.722. The van der Waals surface area contributed by atoms with Crippen LogP contribution in [0, 0.1) is 0 Å². The zero-order valence-electron chi connectivity index (χ0n) is 11.1. The average Bonchev–Trinajstić information content (AvgIpc) is 2.91. The summed E-state index contributed by atoms with van der Waals surface area (Å²) in [5, 5.41) is 30.9. The number of hydrogen-bond donors (Lipinski definition) is 3. The van der Waals surface area contributed by atoms with E-state index in [0.717, 1.165) is 0 Å². The third-order valence-electron chi connectivity index (χ3n) is 3.83. The molecular weight excluding hydrogens is 319 g/mol. The lowest BCUT2D eigenvalue weighted by atomic mass is 9.96. The molecule has 1 saturated heterocycles. The summed E-state index contributed by atoms with van der Waals surface area (Å²) in [6, 6.07) is 3.32. The second kappa shape index (κ2) is 5.08. The van der Waals surface area contributed by atoms with Gasteiger partial charge in [-0.25, -0.2) is 4.98 Å². The van der Waals surface area contributed by atoms with Gasteiger partial charge in [-0.2, -0.15) is 0 Å². The van der Waals surface area contributed by atoms with Crippen molar-refractivity contribution < 1.29 is 20.1 Å². The molecule has 3 heterocycles. The summed E-state index contributed by atoms with van der Waals surface area (Å²) in [7, 11) is 0. The van der Waals surface area contributed by atoms with E-state index in [1.165, 1.54) is 6.92 Å². The lowest BCUT2D eigenvalue weighted by Crippen LogP contribution is -2.44. The first-order valence-corrected chi connectivity index (χ1v) is 7.11. The summed E-state index contributed by atoms with van der Waals surface area (Å²) in [6.07, 6.45) is -1.29. The number of hydrogen-bond acceptors (Lipinski definition) is 5. The Kier molecular flexibility index (Phi) is 3.64. The van der Waals surface area contributed by atoms with E-state index in [4.69, 9.17) is 27.9 Å². The fourth-order valence-electron chi connectivity index (χ4n) is 2.68. The molecule has 114 valence electrons. The highest BCUT2D eigenvalue weighted by molar-refractivity contribution is 6.36. The van der Waals surface area contributed by atoms with Crippen molar-refractivity contribution >= 4 is 34.1 Å². The molecular formula is C13H14Cl2N2O4. The van der Waals surface area contributed by atoms with Gasteiger partial charge < -0.3 is 24.6 Å². The SMILES string of the molecule is CC1(O)C(O)C(CO)OC1n1ccc2c(Cl)nc(Cl)cc21. The highest BCUT2D eigenvalue weighted by Crippen LogP contribution is 2.40. The molecule has 0 bridgehead atoms. The molecule has 1 aliphatic heterocycles. The molecule has 1 aliphatic rings. The van der Waals surface area contributed by atoms with E-state index in [0.29, 0.717) is 10.9 Å². The summed E-state index contributed by atoms with van der Waals surface area (Å²) in [5.41, 5.74) is -0.947. The van der Waals surface area contributed by atoms with Crippen LogP contribution >= 0.6 is 23.2 Å². The highest BCUT2D eigenvalue weighted by Gasteiger charge is 2.52. The molecule has 0 spiro atoms. The second-order valence-electron chi connectivity index (χ2n) is 5.27. The topological polar surface area (TPSA) is 87.7 Å². The standard InChI is InChI=1S/C13H14Cl2N2O4/c1-13(20)10(19)8(5-18)21-12(13)17-3-2-6-7(17)4-9(14)16-11(6)15/h2-4,8,10,12,18-20H,5H2,1H3. The Hall–Kier alpha value is -0.890. The van der Waals surface area contributed by atoms with Crippen molar-refractivity contribution in [3.63, 3.8) is 0 Å². The molecule has 21 heavy (non-hydrogen) atoms. The second-order valence-corrected chi connectivity index (χ2v) is 6.02. The van der Waals surface area contributed by atoms with E-state index >= 15 is 0 Å². The molecule has 3 N–H and O–H groups in total. The number of rotatable bonds is 2. The molecule has 0 radical (unpaired) electrons. The van der Waals surface area contributed by atoms with Crippen molar-refractivity contribution in [2.45, 2.75) is 31.0 Å². The molecule has 0 aromatic carbocycles. The first-order chi connectivity index (χ1) is 9.86. The van der Waals surface area contributed by atoms with Gasteiger partial charge in [0.15, 0.2) is 6.23 Å². The maximum absolute atomic E-state index is 10.5. The van der Waals surface area contributed by atoms with Gasteiger partial charge in [-0.15, -0.1) is 0 Å². The minimum absolute atomic E-state index is 0.212. The minimum atomic E-state index is -1.57. The number of aromatic nitrogens is 2. The van der Waals surface area contributed by atoms with Crippen molar-refractivity contribution in [1.29, 1.82) is 0 Å². The Morgan fingerprint density at radius 3 is 2.81 bits per heavy atom. The number of aliphatic hydroxyl groups excluding tert-OH is 2. The lowest BCUT2D eigenvalue weighted by Gasteiger charge is -2.28. The van der Waals surface area contributed by atoms with Gasteiger partial charge in [0.2, 0.25) is 0 Å². The largest absolute Gasteiger partial charge is 0.394 e. The molecule has 4 atom stereocenters. The van der Waals surface area contributed by atoms with E-state index in [1.807, 2.05) is 0 Å². The zero-order chi connectivity index (χ0) is 15.4. The molecule has 0 amide bonds. The van der Waals surface area contributed by atoms with Crippen LogP contribution in [-0.4, -0.2) is 49.3 Å². The average molecular weight is 333 g/mol. The van der Waals surface area contributed by atoms with Crippen LogP contribution in [-0.2, 0) is 4.74 Å². The number of aliphatic hydroxyl groups is 3. The molecule has 6 nitrogen and oxygen atoms in total. The number of nitrogens with zero attached hydrogens (tertiary/aromatic N) is 2. The van der Waals surface area contributed by atoms with E-state index in [2.05, 4.69) is 4.98 Å². The van der Waals surface area contributed by atoms with Crippen LogP contribution in [0.15, 0.2) is 18.3 Å². The summed E-state index contributed by atoms with van der Waals surface area (Å²) in [5.74, 6) is 0. The van der Waals surface area contributed by atoms with Crippen molar-refractivity contribution in [1.82, 2.24) is 9.55 Å². The fraction of sp³-hybridized carbons (Fsp3) is 0.462. The third-order valence-corrected chi connectivity index (χ3v) is 4.31. The van der Waals surface area contributed by atoms with Crippen molar-refractivity contribution in [3.8, 4) is 0 Å². The lowest BCUT2D eigenvalue weighted by molar-refractivity contribution is -0.0946. The molecule has 8 heteroatoms. The Bertz CT molecular complexity index is 688. The van der Waals surface area contributed by atoms with Crippen molar-refractivity contribution in [3.05, 3.63) is 28.6 Å². The highest BCUT2D eigenvalue weighted by atomic mass is 35.5. The number of halogens is 2. The van der Waals surface area contributed by atoms with Gasteiger partial charge in [-0.3, -0.25) is 0 Å². The number of pyridine rings is 1. The first kappa shape index (κ1) is 15.0. The van der Waals surface area contributed by atoms with Gasteiger partial charge in [-0.05, 0) is 19.1 Å². The van der Waals surface area contributed by atoms with Gasteiger partial charge in [0.1, 0.15) is 28.1 Å². The summed E-state index contributed by atoms with van der Waals surface area (Å²) < 4.78 is 7.20. The predicted octanol–water partition coefficient (Wildman–Crippen LogP) is 1.34. The third kappa shape index (κ3) is 2.23. The number of fused-ring (bicyclic) bond motifs is 1. The molecule has 0 saturated carbocycles. The Morgan fingerprint density at radius 2 is 2.19 bits per heavy atom. The van der Waals surface area contributed by atoms with Gasteiger partial charge in [0, 0.05) is 11.6 Å². The molecule has 2 aromatic rings. The fourth-order valence-corrected chi connectivity index (χ4v) is 3.16. The van der Waals surface area contributed by atoms with E-state index in [-0.39, 0.29) is 10.3 Å². The Morgan fingerprint density at radius 1 is 1.48 bits per heavy atom. The zero-order valence-corrected chi connectivity index (χ0v) is 12.6. The molecule has 2 aromatic heterocycles. The summed E-state index contributed by atoms with van der Waals surface area (Å²) in [6.45, 7) is 1.06. The van der Waals surface area contributed by atoms with Crippen LogP contribution in [0.1, 0.15) is 13.2 Å². The normalized spacial score (nSPS) is 33.0. The van der Waals surface area contributed by atoms with Crippen molar-refractivity contribution in [2.75, 3.05) is 6.61 Å². The van der Waals surface area contributed by atoms with Crippen LogP contribution < -0.4 is 0 Å². The van der Waals surface area contributed by atoms with Crippen LogP contribution in [0.2, 0.25) is 10.3 Å². The van der Waals surface area contributed by atoms with Crippen LogP contribution in [0.5, 0.6) is 0 Å². The van der Waals surface area contributed by atoms with Gasteiger partial charge >= 0.3 is 0 Å². The first-order valence-electron chi connectivity index (χ1n) is 6.35. The van der Waals surface area contributed by atoms with Crippen molar-refractivity contribution in [2.24, 2.45) is 0 Å². The Balaban J connectivity index is 2.13. The summed E-state index contributed by atoms with van der Waals surface area (Å²) in [4.78, 5) is 3.95. The van der Waals surface area contributed by atoms with Crippen LogP contribution in [0.3, 0.4) is 0 Å². The van der Waals surface area contributed by atoms with Crippen LogP contribution in [0.25, 0.3) is 10.9 Å². The van der Waals surface area contributed by atoms with Crippen LogP contribution in [0.4, 0.5) is 0 Å². The molecule has 4 unspecified atom stereocenters. The van der Waals surface area contributed by atoms with Gasteiger partial charge in [0.25, 0.3) is 0 Å². The minimum Gasteiger partial charge on any atom is -0.394 e. The van der Waals surface area contributed by atoms with E-state index < -0.39 is 30.6 Å². The maximum atomic E-state index is 10.5.